The zero-order valence-electron chi connectivity index (χ0n) is 15.8. The van der Waals surface area contributed by atoms with Crippen molar-refractivity contribution in [1.82, 2.24) is 9.97 Å². The number of hydrogen-bond donors (Lipinski definition) is 2. The number of H-pyrrole nitrogens is 1. The molecule has 0 aliphatic carbocycles. The molecule has 3 aromatic carbocycles. The van der Waals surface area contributed by atoms with Gasteiger partial charge in [-0.2, -0.15) is 0 Å². The molecule has 0 saturated carbocycles. The quantitative estimate of drug-likeness (QED) is 0.502. The summed E-state index contributed by atoms with van der Waals surface area (Å²) in [6, 6.07) is 22.7. The smallest absolute Gasteiger partial charge is 0.255 e. The van der Waals surface area contributed by atoms with Gasteiger partial charge in [-0.1, -0.05) is 12.1 Å². The predicted molar refractivity (Wildman–Crippen MR) is 112 cm³/mol. The molecule has 0 unspecified atom stereocenters. The Morgan fingerprint density at radius 2 is 1.68 bits per heavy atom. The predicted octanol–water partition coefficient (Wildman–Crippen LogP) is 5.27. The van der Waals surface area contributed by atoms with Gasteiger partial charge in [0.1, 0.15) is 11.6 Å². The molecule has 0 radical (unpaired) electrons. The number of rotatable bonds is 5. The van der Waals surface area contributed by atoms with Gasteiger partial charge in [0.25, 0.3) is 5.91 Å². The highest BCUT2D eigenvalue weighted by atomic mass is 16.5. The van der Waals surface area contributed by atoms with E-state index in [1.807, 2.05) is 62.4 Å². The molecule has 4 rings (SSSR count). The van der Waals surface area contributed by atoms with Crippen molar-refractivity contribution in [3.05, 3.63) is 78.4 Å². The van der Waals surface area contributed by atoms with E-state index < -0.39 is 0 Å². The van der Waals surface area contributed by atoms with Crippen molar-refractivity contribution in [3.63, 3.8) is 0 Å². The monoisotopic (exact) mass is 371 g/mol. The first-order valence-electron chi connectivity index (χ1n) is 9.22. The number of nitrogens with one attached hydrogen (secondary N) is 2. The molecule has 140 valence electrons. The normalized spacial score (nSPS) is 11.0. The van der Waals surface area contributed by atoms with Gasteiger partial charge >= 0.3 is 0 Å². The molecule has 0 atom stereocenters. The van der Waals surface area contributed by atoms with Crippen molar-refractivity contribution in [2.45, 2.75) is 20.0 Å². The summed E-state index contributed by atoms with van der Waals surface area (Å²) in [6.07, 6.45) is 0.102. The van der Waals surface area contributed by atoms with E-state index in [0.717, 1.165) is 33.9 Å². The lowest BCUT2D eigenvalue weighted by atomic mass is 10.1. The maximum atomic E-state index is 12.4. The summed E-state index contributed by atoms with van der Waals surface area (Å²) in [6.45, 7) is 3.94. The molecule has 2 N–H and O–H groups in total. The number of fused-ring (bicyclic) bond motifs is 1. The first-order chi connectivity index (χ1) is 13.6. The Kier molecular flexibility index (Phi) is 4.81. The fraction of sp³-hybridized carbons (Fsp3) is 0.130. The highest BCUT2D eigenvalue weighted by Gasteiger charge is 2.08. The van der Waals surface area contributed by atoms with Crippen molar-refractivity contribution in [1.29, 1.82) is 0 Å². The van der Waals surface area contributed by atoms with E-state index >= 15 is 0 Å². The molecule has 5 heteroatoms. The minimum absolute atomic E-state index is 0.102. The zero-order valence-corrected chi connectivity index (χ0v) is 15.8. The van der Waals surface area contributed by atoms with E-state index in [4.69, 9.17) is 4.74 Å². The Labute approximate surface area is 163 Å². The van der Waals surface area contributed by atoms with Gasteiger partial charge in [0, 0.05) is 16.8 Å². The number of anilines is 1. The van der Waals surface area contributed by atoms with Gasteiger partial charge in [-0.15, -0.1) is 0 Å². The molecule has 1 heterocycles. The highest BCUT2D eigenvalue weighted by molar-refractivity contribution is 6.04. The molecule has 0 saturated heterocycles. The molecule has 0 spiro atoms. The van der Waals surface area contributed by atoms with Gasteiger partial charge in [-0.3, -0.25) is 4.79 Å². The van der Waals surface area contributed by atoms with Crippen molar-refractivity contribution < 1.29 is 9.53 Å². The summed E-state index contributed by atoms with van der Waals surface area (Å²) in [5, 5.41) is 2.91. The highest BCUT2D eigenvalue weighted by Crippen LogP contribution is 2.22. The molecule has 0 aliphatic rings. The number of ether oxygens (including phenoxy) is 1. The molecule has 1 aromatic heterocycles. The SMILES string of the molecule is CC(C)Oc1ccc(C(=O)Nc2ccc(-c3nc4ccccc4[nH]3)cc2)cc1. The Morgan fingerprint density at radius 3 is 2.36 bits per heavy atom. The van der Waals surface area contributed by atoms with Crippen molar-refractivity contribution in [2.24, 2.45) is 0 Å². The molecular formula is C23H21N3O2. The van der Waals surface area contributed by atoms with Crippen LogP contribution in [-0.4, -0.2) is 22.0 Å². The first-order valence-corrected chi connectivity index (χ1v) is 9.22. The minimum Gasteiger partial charge on any atom is -0.491 e. The molecule has 0 bridgehead atoms. The van der Waals surface area contributed by atoms with Crippen molar-refractivity contribution >= 4 is 22.6 Å². The van der Waals surface area contributed by atoms with Crippen LogP contribution in [0.1, 0.15) is 24.2 Å². The van der Waals surface area contributed by atoms with E-state index in [0.29, 0.717) is 5.56 Å². The Balaban J connectivity index is 1.46. The lowest BCUT2D eigenvalue weighted by molar-refractivity contribution is 0.102. The van der Waals surface area contributed by atoms with Crippen LogP contribution in [0.2, 0.25) is 0 Å². The molecule has 4 aromatic rings. The van der Waals surface area contributed by atoms with Gasteiger partial charge in [0.2, 0.25) is 0 Å². The second kappa shape index (κ2) is 7.56. The summed E-state index contributed by atoms with van der Waals surface area (Å²) in [7, 11) is 0. The first kappa shape index (κ1) is 17.8. The van der Waals surface area contributed by atoms with Gasteiger partial charge in [-0.25, -0.2) is 4.98 Å². The van der Waals surface area contributed by atoms with Crippen molar-refractivity contribution in [2.75, 3.05) is 5.32 Å². The molecule has 0 aliphatic heterocycles. The van der Waals surface area contributed by atoms with Gasteiger partial charge in [0.15, 0.2) is 0 Å². The summed E-state index contributed by atoms with van der Waals surface area (Å²) in [5.74, 6) is 1.40. The Hall–Kier alpha value is -3.60. The number of nitrogens with zero attached hydrogens (tertiary/aromatic N) is 1. The molecule has 28 heavy (non-hydrogen) atoms. The van der Waals surface area contributed by atoms with Crippen LogP contribution >= 0.6 is 0 Å². The average molecular weight is 371 g/mol. The van der Waals surface area contributed by atoms with Crippen LogP contribution < -0.4 is 10.1 Å². The summed E-state index contributed by atoms with van der Waals surface area (Å²) in [4.78, 5) is 20.4. The van der Waals surface area contributed by atoms with Crippen LogP contribution in [0.5, 0.6) is 5.75 Å². The molecule has 1 amide bonds. The lowest BCUT2D eigenvalue weighted by Gasteiger charge is -2.10. The number of para-hydroxylation sites is 2. The van der Waals surface area contributed by atoms with E-state index in [9.17, 15) is 4.79 Å². The fourth-order valence-corrected chi connectivity index (χ4v) is 2.96. The number of carbonyl (C=O) groups excluding carboxylic acids is 1. The van der Waals surface area contributed by atoms with Crippen molar-refractivity contribution in [3.8, 4) is 17.1 Å². The zero-order chi connectivity index (χ0) is 19.5. The van der Waals surface area contributed by atoms with Crippen LogP contribution in [0.25, 0.3) is 22.4 Å². The topological polar surface area (TPSA) is 67.0 Å². The maximum Gasteiger partial charge on any atom is 0.255 e. The average Bonchev–Trinajstić information content (AvgIpc) is 3.13. The van der Waals surface area contributed by atoms with Crippen LogP contribution in [0.3, 0.4) is 0 Å². The molecule has 5 nitrogen and oxygen atoms in total. The third kappa shape index (κ3) is 3.88. The number of carbonyl (C=O) groups is 1. The van der Waals surface area contributed by atoms with Crippen LogP contribution in [-0.2, 0) is 0 Å². The Bertz CT molecular complexity index is 1060. The molecule has 0 fully saturated rings. The van der Waals surface area contributed by atoms with Crippen LogP contribution in [0.4, 0.5) is 5.69 Å². The van der Waals surface area contributed by atoms with E-state index in [-0.39, 0.29) is 12.0 Å². The number of imidazole rings is 1. The number of hydrogen-bond acceptors (Lipinski definition) is 3. The number of benzene rings is 3. The fourth-order valence-electron chi connectivity index (χ4n) is 2.96. The number of aromatic amines is 1. The van der Waals surface area contributed by atoms with Gasteiger partial charge in [0.05, 0.1) is 17.1 Å². The standard InChI is InChI=1S/C23H21N3O2/c1-15(2)28-19-13-9-17(10-14-19)23(27)24-18-11-7-16(8-12-18)22-25-20-5-3-4-6-21(20)26-22/h3-15H,1-2H3,(H,24,27)(H,25,26). The number of amides is 1. The van der Waals surface area contributed by atoms with E-state index in [2.05, 4.69) is 15.3 Å². The van der Waals surface area contributed by atoms with E-state index in [1.54, 1.807) is 24.3 Å². The third-order valence-electron chi connectivity index (χ3n) is 4.29. The second-order valence-corrected chi connectivity index (χ2v) is 6.83. The maximum absolute atomic E-state index is 12.4. The van der Waals surface area contributed by atoms with Gasteiger partial charge < -0.3 is 15.0 Å². The number of aromatic nitrogens is 2. The van der Waals surface area contributed by atoms with Crippen LogP contribution in [0, 0.1) is 0 Å². The third-order valence-corrected chi connectivity index (χ3v) is 4.29. The largest absolute Gasteiger partial charge is 0.491 e. The minimum atomic E-state index is -0.160. The van der Waals surface area contributed by atoms with Gasteiger partial charge in [-0.05, 0) is 74.5 Å². The molecular weight excluding hydrogens is 350 g/mol. The van der Waals surface area contributed by atoms with Crippen LogP contribution in [0.15, 0.2) is 72.8 Å². The lowest BCUT2D eigenvalue weighted by Crippen LogP contribution is -2.12. The van der Waals surface area contributed by atoms with E-state index in [1.165, 1.54) is 0 Å². The summed E-state index contributed by atoms with van der Waals surface area (Å²) >= 11 is 0. The summed E-state index contributed by atoms with van der Waals surface area (Å²) < 4.78 is 5.60. The summed E-state index contributed by atoms with van der Waals surface area (Å²) in [5.41, 5.74) is 4.20. The Morgan fingerprint density at radius 1 is 0.964 bits per heavy atom. The second-order valence-electron chi connectivity index (χ2n) is 6.83.